The highest BCUT2D eigenvalue weighted by Gasteiger charge is 2.14. The molecule has 0 aliphatic carbocycles. The topological polar surface area (TPSA) is 18.5 Å². The Kier molecular flexibility index (Phi) is 4.79. The second kappa shape index (κ2) is 6.38. The van der Waals surface area contributed by atoms with Crippen LogP contribution in [0.1, 0.15) is 22.1 Å². The van der Waals surface area contributed by atoms with Crippen LogP contribution >= 0.6 is 23.2 Å². The third-order valence-corrected chi connectivity index (χ3v) is 4.10. The number of aryl methyl sites for hydroxylation is 1. The van der Waals surface area contributed by atoms with E-state index in [0.717, 1.165) is 16.7 Å². The molecule has 0 fully saturated rings. The van der Waals surface area contributed by atoms with Crippen molar-refractivity contribution in [1.29, 1.82) is 0 Å². The average Bonchev–Trinajstić information content (AvgIpc) is 2.48. The van der Waals surface area contributed by atoms with Crippen molar-refractivity contribution >= 4 is 23.2 Å². The SMILES string of the molecule is COc1ccc(C(Cl)c2ccc(C)c(Cl)c2)cc1OC. The minimum atomic E-state index is -0.284. The molecule has 2 nitrogen and oxygen atoms in total. The van der Waals surface area contributed by atoms with Crippen LogP contribution in [0.5, 0.6) is 11.5 Å². The van der Waals surface area contributed by atoms with E-state index in [-0.39, 0.29) is 5.38 Å². The standard InChI is InChI=1S/C16H16Cl2O2/c1-10-4-5-11(8-13(10)17)16(18)12-6-7-14(19-2)15(9-12)20-3/h4-9,16H,1-3H3. The molecule has 20 heavy (non-hydrogen) atoms. The fraction of sp³-hybridized carbons (Fsp3) is 0.250. The van der Waals surface area contributed by atoms with Crippen LogP contribution in [0.2, 0.25) is 5.02 Å². The summed E-state index contributed by atoms with van der Waals surface area (Å²) in [5.74, 6) is 1.34. The van der Waals surface area contributed by atoms with Gasteiger partial charge in [0.25, 0.3) is 0 Å². The van der Waals surface area contributed by atoms with E-state index in [1.807, 2.05) is 43.3 Å². The third-order valence-electron chi connectivity index (χ3n) is 3.19. The predicted molar refractivity (Wildman–Crippen MR) is 83.4 cm³/mol. The van der Waals surface area contributed by atoms with Gasteiger partial charge in [0.2, 0.25) is 0 Å². The van der Waals surface area contributed by atoms with Crippen molar-refractivity contribution in [3.63, 3.8) is 0 Å². The second-order valence-electron chi connectivity index (χ2n) is 4.49. The maximum absolute atomic E-state index is 6.53. The summed E-state index contributed by atoms with van der Waals surface area (Å²) >= 11 is 12.7. The average molecular weight is 311 g/mol. The number of hydrogen-bond acceptors (Lipinski definition) is 2. The zero-order valence-electron chi connectivity index (χ0n) is 11.6. The van der Waals surface area contributed by atoms with Crippen LogP contribution in [0.15, 0.2) is 36.4 Å². The first-order valence-corrected chi connectivity index (χ1v) is 7.00. The lowest BCUT2D eigenvalue weighted by Crippen LogP contribution is -1.97. The van der Waals surface area contributed by atoms with E-state index in [2.05, 4.69) is 0 Å². The predicted octanol–water partition coefficient (Wildman–Crippen LogP) is 4.99. The molecule has 0 aliphatic rings. The Morgan fingerprint density at radius 1 is 0.900 bits per heavy atom. The van der Waals surface area contributed by atoms with Gasteiger partial charge in [-0.2, -0.15) is 0 Å². The number of benzene rings is 2. The van der Waals surface area contributed by atoms with Crippen LogP contribution < -0.4 is 9.47 Å². The van der Waals surface area contributed by atoms with Gasteiger partial charge in [-0.15, -0.1) is 11.6 Å². The molecule has 0 heterocycles. The highest BCUT2D eigenvalue weighted by molar-refractivity contribution is 6.31. The molecular weight excluding hydrogens is 295 g/mol. The number of hydrogen-bond donors (Lipinski definition) is 0. The summed E-state index contributed by atoms with van der Waals surface area (Å²) in [5.41, 5.74) is 2.92. The van der Waals surface area contributed by atoms with Crippen LogP contribution in [0.4, 0.5) is 0 Å². The lowest BCUT2D eigenvalue weighted by atomic mass is 10.0. The highest BCUT2D eigenvalue weighted by Crippen LogP contribution is 2.36. The van der Waals surface area contributed by atoms with Gasteiger partial charge in [-0.1, -0.05) is 29.8 Å². The Balaban J connectivity index is 2.37. The number of halogens is 2. The van der Waals surface area contributed by atoms with Crippen molar-refractivity contribution in [3.05, 3.63) is 58.1 Å². The summed E-state index contributed by atoms with van der Waals surface area (Å²) in [7, 11) is 3.21. The van der Waals surface area contributed by atoms with Crippen molar-refractivity contribution in [1.82, 2.24) is 0 Å². The number of rotatable bonds is 4. The molecule has 106 valence electrons. The Labute approximate surface area is 129 Å². The summed E-state index contributed by atoms with van der Waals surface area (Å²) in [6.45, 7) is 1.96. The van der Waals surface area contributed by atoms with E-state index in [1.165, 1.54) is 0 Å². The molecule has 1 atom stereocenters. The normalized spacial score (nSPS) is 12.1. The molecule has 2 aromatic carbocycles. The van der Waals surface area contributed by atoms with Gasteiger partial charge < -0.3 is 9.47 Å². The monoisotopic (exact) mass is 310 g/mol. The first-order chi connectivity index (χ1) is 9.56. The number of ether oxygens (including phenoxy) is 2. The fourth-order valence-corrected chi connectivity index (χ4v) is 2.43. The molecule has 0 amide bonds. The van der Waals surface area contributed by atoms with Gasteiger partial charge in [0, 0.05) is 5.02 Å². The van der Waals surface area contributed by atoms with Crippen molar-refractivity contribution in [3.8, 4) is 11.5 Å². The lowest BCUT2D eigenvalue weighted by Gasteiger charge is -2.14. The minimum Gasteiger partial charge on any atom is -0.493 e. The highest BCUT2D eigenvalue weighted by atomic mass is 35.5. The first kappa shape index (κ1) is 15.0. The molecule has 0 saturated heterocycles. The van der Waals surface area contributed by atoms with Gasteiger partial charge in [-0.25, -0.2) is 0 Å². The van der Waals surface area contributed by atoms with Gasteiger partial charge in [0.05, 0.1) is 19.6 Å². The summed E-state index contributed by atoms with van der Waals surface area (Å²) < 4.78 is 10.5. The third kappa shape index (κ3) is 3.02. The smallest absolute Gasteiger partial charge is 0.161 e. The summed E-state index contributed by atoms with van der Waals surface area (Å²) in [6, 6.07) is 11.5. The summed E-state index contributed by atoms with van der Waals surface area (Å²) in [4.78, 5) is 0. The van der Waals surface area contributed by atoms with E-state index in [0.29, 0.717) is 16.5 Å². The van der Waals surface area contributed by atoms with Crippen LogP contribution in [0, 0.1) is 6.92 Å². The van der Waals surface area contributed by atoms with E-state index < -0.39 is 0 Å². The van der Waals surface area contributed by atoms with Crippen LogP contribution in [0.3, 0.4) is 0 Å². The zero-order valence-corrected chi connectivity index (χ0v) is 13.1. The lowest BCUT2D eigenvalue weighted by molar-refractivity contribution is 0.354. The van der Waals surface area contributed by atoms with Crippen LogP contribution in [0.25, 0.3) is 0 Å². The van der Waals surface area contributed by atoms with Gasteiger partial charge in [-0.3, -0.25) is 0 Å². The molecule has 0 spiro atoms. The van der Waals surface area contributed by atoms with Gasteiger partial charge in [-0.05, 0) is 41.8 Å². The van der Waals surface area contributed by atoms with Gasteiger partial charge in [0.1, 0.15) is 0 Å². The van der Waals surface area contributed by atoms with Crippen molar-refractivity contribution in [2.45, 2.75) is 12.3 Å². The molecule has 0 bridgehead atoms. The van der Waals surface area contributed by atoms with Crippen molar-refractivity contribution in [2.24, 2.45) is 0 Å². The number of alkyl halides is 1. The van der Waals surface area contributed by atoms with E-state index in [9.17, 15) is 0 Å². The summed E-state index contributed by atoms with van der Waals surface area (Å²) in [6.07, 6.45) is 0. The molecule has 0 saturated carbocycles. The Hall–Kier alpha value is -1.38. The van der Waals surface area contributed by atoms with E-state index in [1.54, 1.807) is 14.2 Å². The second-order valence-corrected chi connectivity index (χ2v) is 5.33. The molecule has 2 aromatic rings. The van der Waals surface area contributed by atoms with E-state index in [4.69, 9.17) is 32.7 Å². The molecule has 2 rings (SSSR count). The maximum Gasteiger partial charge on any atom is 0.161 e. The first-order valence-electron chi connectivity index (χ1n) is 6.19. The van der Waals surface area contributed by atoms with Crippen molar-refractivity contribution in [2.75, 3.05) is 14.2 Å². The van der Waals surface area contributed by atoms with Crippen molar-refractivity contribution < 1.29 is 9.47 Å². The van der Waals surface area contributed by atoms with Crippen LogP contribution in [-0.4, -0.2) is 14.2 Å². The zero-order chi connectivity index (χ0) is 14.7. The Bertz CT molecular complexity index is 611. The summed E-state index contributed by atoms with van der Waals surface area (Å²) in [5, 5.41) is 0.432. The quantitative estimate of drug-likeness (QED) is 0.740. The van der Waals surface area contributed by atoms with Gasteiger partial charge in [0.15, 0.2) is 11.5 Å². The molecule has 0 radical (unpaired) electrons. The maximum atomic E-state index is 6.53. The molecule has 0 aromatic heterocycles. The minimum absolute atomic E-state index is 0.284. The van der Waals surface area contributed by atoms with Gasteiger partial charge >= 0.3 is 0 Å². The Morgan fingerprint density at radius 3 is 2.10 bits per heavy atom. The fourth-order valence-electron chi connectivity index (χ4n) is 1.97. The molecule has 0 N–H and O–H groups in total. The molecule has 4 heteroatoms. The molecule has 1 unspecified atom stereocenters. The molecule has 0 aliphatic heterocycles. The van der Waals surface area contributed by atoms with Crippen LogP contribution in [-0.2, 0) is 0 Å². The molecular formula is C16H16Cl2O2. The largest absolute Gasteiger partial charge is 0.493 e. The number of methoxy groups -OCH3 is 2. The Morgan fingerprint density at radius 2 is 1.50 bits per heavy atom. The van der Waals surface area contributed by atoms with E-state index >= 15 is 0 Å².